The third-order valence-corrected chi connectivity index (χ3v) is 5.58. The molecule has 0 aliphatic carbocycles. The summed E-state index contributed by atoms with van der Waals surface area (Å²) in [4.78, 5) is 0.588. The topological polar surface area (TPSA) is 79.3 Å². The highest BCUT2D eigenvalue weighted by atomic mass is 35.5. The fourth-order valence-electron chi connectivity index (χ4n) is 2.97. The van der Waals surface area contributed by atoms with Crippen molar-refractivity contribution >= 4 is 29.2 Å². The van der Waals surface area contributed by atoms with Crippen LogP contribution in [-0.2, 0) is 0 Å². The Balaban J connectivity index is 1.81. The molecular weight excluding hydrogens is 434 g/mol. The van der Waals surface area contributed by atoms with Gasteiger partial charge in [-0.15, -0.1) is 16.4 Å². The Bertz CT molecular complexity index is 1290. The van der Waals surface area contributed by atoms with Crippen molar-refractivity contribution in [1.82, 2.24) is 4.57 Å². The lowest BCUT2D eigenvalue weighted by atomic mass is 10.1. The van der Waals surface area contributed by atoms with Gasteiger partial charge in [0.2, 0.25) is 4.80 Å². The van der Waals surface area contributed by atoms with Crippen molar-refractivity contribution in [3.63, 3.8) is 0 Å². The summed E-state index contributed by atoms with van der Waals surface area (Å²) in [5, 5.41) is 31.4. The number of hydrogen-bond donors (Lipinski definition) is 2. The van der Waals surface area contributed by atoms with E-state index in [1.165, 1.54) is 29.5 Å². The molecule has 0 unspecified atom stereocenters. The number of phenols is 2. The van der Waals surface area contributed by atoms with Crippen molar-refractivity contribution < 1.29 is 14.9 Å². The van der Waals surface area contributed by atoms with Crippen molar-refractivity contribution in [2.24, 2.45) is 10.2 Å². The van der Waals surface area contributed by atoms with E-state index in [0.717, 1.165) is 17.0 Å². The average Bonchev–Trinajstić information content (AvgIpc) is 3.20. The standard InChI is InChI=1S/C23H18ClN3O3S/c1-30-19-9-2-15(3-10-19)13-25-26-23-27(17-6-4-16(24)5-7-17)21(14-31-23)20-12-18(28)8-11-22(20)29/h2-14,28-29H,1H3/b25-13+,26-23-. The molecule has 4 rings (SSSR count). The molecule has 1 aromatic heterocycles. The third-order valence-electron chi connectivity index (χ3n) is 4.51. The first-order valence-corrected chi connectivity index (χ1v) is 10.5. The molecule has 6 nitrogen and oxygen atoms in total. The second-order valence-electron chi connectivity index (χ2n) is 6.53. The lowest BCUT2D eigenvalue weighted by molar-refractivity contribution is 0.415. The van der Waals surface area contributed by atoms with Gasteiger partial charge in [0.1, 0.15) is 17.2 Å². The van der Waals surface area contributed by atoms with Crippen LogP contribution in [0.2, 0.25) is 5.02 Å². The Morgan fingerprint density at radius 1 is 1.00 bits per heavy atom. The maximum atomic E-state index is 10.4. The van der Waals surface area contributed by atoms with Crippen LogP contribution < -0.4 is 9.54 Å². The second-order valence-corrected chi connectivity index (χ2v) is 7.81. The quantitative estimate of drug-likeness (QED) is 0.248. The molecule has 3 aromatic carbocycles. The molecule has 0 fully saturated rings. The fraction of sp³-hybridized carbons (Fsp3) is 0.0435. The van der Waals surface area contributed by atoms with Crippen LogP contribution >= 0.6 is 22.9 Å². The van der Waals surface area contributed by atoms with Gasteiger partial charge >= 0.3 is 0 Å². The van der Waals surface area contributed by atoms with E-state index in [0.29, 0.717) is 21.1 Å². The van der Waals surface area contributed by atoms with Crippen LogP contribution in [0.5, 0.6) is 17.2 Å². The first-order chi connectivity index (χ1) is 15.0. The van der Waals surface area contributed by atoms with E-state index in [-0.39, 0.29) is 11.5 Å². The Hall–Kier alpha value is -3.55. The molecule has 0 saturated heterocycles. The largest absolute Gasteiger partial charge is 0.508 e. The van der Waals surface area contributed by atoms with E-state index in [9.17, 15) is 10.2 Å². The Kier molecular flexibility index (Phi) is 6.06. The lowest BCUT2D eigenvalue weighted by Crippen LogP contribution is -2.13. The Morgan fingerprint density at radius 2 is 1.74 bits per heavy atom. The van der Waals surface area contributed by atoms with E-state index in [2.05, 4.69) is 10.2 Å². The molecule has 4 aromatic rings. The van der Waals surface area contributed by atoms with Crippen molar-refractivity contribution in [3.05, 3.63) is 87.5 Å². The lowest BCUT2D eigenvalue weighted by Gasteiger charge is -2.11. The number of benzene rings is 3. The van der Waals surface area contributed by atoms with Crippen molar-refractivity contribution in [1.29, 1.82) is 0 Å². The van der Waals surface area contributed by atoms with E-state index in [1.807, 2.05) is 46.3 Å². The minimum absolute atomic E-state index is 0.0478. The number of thiazole rings is 1. The number of aromatic nitrogens is 1. The molecule has 156 valence electrons. The first-order valence-electron chi connectivity index (χ1n) is 9.25. The summed E-state index contributed by atoms with van der Waals surface area (Å²) in [7, 11) is 1.62. The van der Waals surface area contributed by atoms with Crippen LogP contribution in [0, 0.1) is 0 Å². The molecule has 0 bridgehead atoms. The van der Waals surface area contributed by atoms with Gasteiger partial charge in [-0.25, -0.2) is 0 Å². The number of nitrogens with zero attached hydrogens (tertiary/aromatic N) is 3. The summed E-state index contributed by atoms with van der Waals surface area (Å²) in [6.07, 6.45) is 1.65. The van der Waals surface area contributed by atoms with Gasteiger partial charge in [-0.2, -0.15) is 5.10 Å². The number of ether oxygens (including phenoxy) is 1. The summed E-state index contributed by atoms with van der Waals surface area (Å²) in [6, 6.07) is 19.1. The number of phenolic OH excluding ortho intramolecular Hbond substituents is 2. The molecule has 0 radical (unpaired) electrons. The van der Waals surface area contributed by atoms with Gasteiger partial charge in [-0.3, -0.25) is 4.57 Å². The highest BCUT2D eigenvalue weighted by molar-refractivity contribution is 7.07. The molecule has 0 spiro atoms. The molecule has 0 aliphatic rings. The number of rotatable bonds is 5. The molecule has 0 saturated carbocycles. The zero-order chi connectivity index (χ0) is 21.8. The monoisotopic (exact) mass is 451 g/mol. The van der Waals surface area contributed by atoms with Gasteiger partial charge in [-0.1, -0.05) is 11.6 Å². The summed E-state index contributed by atoms with van der Waals surface area (Å²) < 4.78 is 7.01. The second kappa shape index (κ2) is 9.07. The van der Waals surface area contributed by atoms with Gasteiger partial charge in [0.25, 0.3) is 0 Å². The van der Waals surface area contributed by atoms with Crippen LogP contribution in [0.4, 0.5) is 0 Å². The van der Waals surface area contributed by atoms with E-state index in [4.69, 9.17) is 16.3 Å². The smallest absolute Gasteiger partial charge is 0.215 e. The number of hydrogen-bond acceptors (Lipinski definition) is 6. The molecule has 2 N–H and O–H groups in total. The zero-order valence-corrected chi connectivity index (χ0v) is 18.0. The van der Waals surface area contributed by atoms with Crippen molar-refractivity contribution in [2.45, 2.75) is 0 Å². The Morgan fingerprint density at radius 3 is 2.45 bits per heavy atom. The fourth-order valence-corrected chi connectivity index (χ4v) is 3.95. The predicted molar refractivity (Wildman–Crippen MR) is 124 cm³/mol. The van der Waals surface area contributed by atoms with Crippen molar-refractivity contribution in [3.8, 4) is 34.2 Å². The third kappa shape index (κ3) is 4.63. The minimum atomic E-state index is 0.0478. The molecule has 0 atom stereocenters. The maximum Gasteiger partial charge on any atom is 0.215 e. The molecule has 31 heavy (non-hydrogen) atoms. The van der Waals surface area contributed by atoms with Crippen LogP contribution in [0.25, 0.3) is 16.9 Å². The average molecular weight is 452 g/mol. The van der Waals surface area contributed by atoms with Crippen LogP contribution in [-0.4, -0.2) is 28.1 Å². The van der Waals surface area contributed by atoms with E-state index in [1.54, 1.807) is 25.5 Å². The van der Waals surface area contributed by atoms with Gasteiger partial charge in [0.15, 0.2) is 0 Å². The van der Waals surface area contributed by atoms with E-state index < -0.39 is 0 Å². The maximum absolute atomic E-state index is 10.4. The predicted octanol–water partition coefficient (Wildman–Crippen LogP) is 5.21. The molecule has 0 amide bonds. The van der Waals surface area contributed by atoms with Crippen LogP contribution in [0.1, 0.15) is 5.56 Å². The molecule has 0 aliphatic heterocycles. The van der Waals surface area contributed by atoms with Crippen LogP contribution in [0.15, 0.2) is 82.3 Å². The normalized spacial score (nSPS) is 11.9. The number of aromatic hydroxyl groups is 2. The highest BCUT2D eigenvalue weighted by Crippen LogP contribution is 2.34. The zero-order valence-electron chi connectivity index (χ0n) is 16.4. The molecule has 8 heteroatoms. The highest BCUT2D eigenvalue weighted by Gasteiger charge is 2.14. The Labute approximate surface area is 187 Å². The summed E-state index contributed by atoms with van der Waals surface area (Å²) >= 11 is 7.42. The van der Waals surface area contributed by atoms with Crippen LogP contribution in [0.3, 0.4) is 0 Å². The summed E-state index contributed by atoms with van der Waals surface area (Å²) in [5.74, 6) is 0.868. The van der Waals surface area contributed by atoms with Gasteiger partial charge in [0, 0.05) is 21.7 Å². The summed E-state index contributed by atoms with van der Waals surface area (Å²) in [5.41, 5.74) is 2.82. The van der Waals surface area contributed by atoms with E-state index >= 15 is 0 Å². The van der Waals surface area contributed by atoms with Gasteiger partial charge in [0.05, 0.1) is 19.0 Å². The number of methoxy groups -OCH3 is 1. The SMILES string of the molecule is COc1ccc(/C=N/N=c2\scc(-c3cc(O)ccc3O)n2-c2ccc(Cl)cc2)cc1. The molecule has 1 heterocycles. The van der Waals surface area contributed by atoms with Gasteiger partial charge in [-0.05, 0) is 72.3 Å². The summed E-state index contributed by atoms with van der Waals surface area (Å²) in [6.45, 7) is 0. The first kappa shape index (κ1) is 20.7. The molecular formula is C23H18ClN3O3S. The number of halogens is 1. The van der Waals surface area contributed by atoms with Crippen molar-refractivity contribution in [2.75, 3.05) is 7.11 Å². The van der Waals surface area contributed by atoms with Gasteiger partial charge < -0.3 is 14.9 Å². The minimum Gasteiger partial charge on any atom is -0.508 e.